The van der Waals surface area contributed by atoms with Gasteiger partial charge in [-0.2, -0.15) is 0 Å². The fourth-order valence-electron chi connectivity index (χ4n) is 16.1. The van der Waals surface area contributed by atoms with Crippen LogP contribution in [0.15, 0.2) is 12.2 Å². The van der Waals surface area contributed by atoms with E-state index in [1.807, 2.05) is 6.08 Å². The second-order valence-electron chi connectivity index (χ2n) is 32.8. The third kappa shape index (κ3) is 33.1. The summed E-state index contributed by atoms with van der Waals surface area (Å²) in [5.41, 5.74) is 0. The summed E-state index contributed by atoms with van der Waals surface area (Å²) in [6.07, 6.45) is -10.2. The highest BCUT2D eigenvalue weighted by atomic mass is 16.8. The first-order chi connectivity index (χ1) is 56.2. The maximum Gasteiger partial charge on any atom is 0.220 e. The van der Waals surface area contributed by atoms with Gasteiger partial charge in [-0.25, -0.2) is 0 Å². The average Bonchev–Trinajstić information content (AvgIpc) is 0.776. The van der Waals surface area contributed by atoms with E-state index in [0.29, 0.717) is 12.8 Å². The largest absolute Gasteiger partial charge is 0.394 e. The number of allylic oxidation sites excluding steroid dienone is 1. The summed E-state index contributed by atoms with van der Waals surface area (Å²) < 4.78 is 70.6. The van der Waals surface area contributed by atoms with Gasteiger partial charge in [-0.1, -0.05) is 219 Å². The van der Waals surface area contributed by atoms with Crippen molar-refractivity contribution < 1.29 is 158 Å². The van der Waals surface area contributed by atoms with Gasteiger partial charge in [-0.15, -0.1) is 0 Å². The van der Waals surface area contributed by atoms with Crippen LogP contribution in [0.2, 0.25) is 0 Å². The molecule has 6 rings (SSSR count). The molecule has 117 heavy (non-hydrogen) atoms. The van der Waals surface area contributed by atoms with E-state index in [0.717, 1.165) is 65.2 Å². The molecule has 0 saturated carbocycles. The molecule has 684 valence electrons. The summed E-state index contributed by atoms with van der Waals surface area (Å²) in [6, 6.07) is -4.39. The quantitative estimate of drug-likeness (QED) is 0.0298. The highest BCUT2D eigenvalue weighted by Gasteiger charge is 2.58. The van der Waals surface area contributed by atoms with Crippen molar-refractivity contribution in [3.8, 4) is 0 Å². The molecule has 0 aliphatic carbocycles. The maximum absolute atomic E-state index is 13.6. The van der Waals surface area contributed by atoms with Crippen LogP contribution in [0.5, 0.6) is 0 Å². The molecule has 0 aromatic carbocycles. The van der Waals surface area contributed by atoms with Crippen molar-refractivity contribution in [2.45, 2.75) is 449 Å². The number of carbonyl (C=O) groups excluding carboxylic acids is 3. The lowest BCUT2D eigenvalue weighted by Crippen LogP contribution is -2.69. The zero-order valence-corrected chi connectivity index (χ0v) is 69.6. The minimum absolute atomic E-state index is 0.186. The van der Waals surface area contributed by atoms with Crippen LogP contribution in [0, 0.1) is 0 Å². The van der Waals surface area contributed by atoms with Crippen molar-refractivity contribution in [1.82, 2.24) is 16.0 Å². The second kappa shape index (κ2) is 56.1. The number of nitrogens with one attached hydrogen (secondary N) is 3. The fourth-order valence-corrected chi connectivity index (χ4v) is 16.1. The summed E-state index contributed by atoms with van der Waals surface area (Å²) >= 11 is 0. The molecule has 0 aromatic rings. The molecule has 0 bridgehead atoms. The Morgan fingerprint density at radius 2 is 0.761 bits per heavy atom. The van der Waals surface area contributed by atoms with Crippen molar-refractivity contribution in [2.24, 2.45) is 0 Å². The third-order valence-electron chi connectivity index (χ3n) is 23.2. The van der Waals surface area contributed by atoms with E-state index in [-0.39, 0.29) is 12.3 Å². The van der Waals surface area contributed by atoms with Crippen molar-refractivity contribution in [3.05, 3.63) is 12.2 Å². The van der Waals surface area contributed by atoms with Crippen molar-refractivity contribution in [2.75, 3.05) is 39.6 Å². The first-order valence-electron chi connectivity index (χ1n) is 43.8. The van der Waals surface area contributed by atoms with E-state index in [1.54, 1.807) is 6.08 Å². The first-order valence-corrected chi connectivity index (χ1v) is 43.8. The molecule has 6 aliphatic rings. The lowest BCUT2D eigenvalue weighted by Gasteiger charge is -2.50. The van der Waals surface area contributed by atoms with Gasteiger partial charge in [0.15, 0.2) is 37.7 Å². The van der Waals surface area contributed by atoms with E-state index in [1.165, 1.54) is 155 Å². The van der Waals surface area contributed by atoms with E-state index in [2.05, 4.69) is 29.8 Å². The Morgan fingerprint density at radius 1 is 0.368 bits per heavy atom. The highest BCUT2D eigenvalue weighted by molar-refractivity contribution is 5.76. The van der Waals surface area contributed by atoms with Crippen LogP contribution in [0.3, 0.4) is 0 Å². The topological polar surface area (TPSA) is 542 Å². The lowest BCUT2D eigenvalue weighted by molar-refractivity contribution is -0.387. The molecule has 3 amide bonds. The van der Waals surface area contributed by atoms with E-state index in [9.17, 15) is 101 Å². The molecule has 20 N–H and O–H groups in total. The van der Waals surface area contributed by atoms with E-state index in [4.69, 9.17) is 56.8 Å². The monoisotopic (exact) mass is 1690 g/mol. The second-order valence-corrected chi connectivity index (χ2v) is 32.8. The van der Waals surface area contributed by atoms with Gasteiger partial charge in [0, 0.05) is 20.3 Å². The van der Waals surface area contributed by atoms with Crippen LogP contribution >= 0.6 is 0 Å². The number of amides is 3. The molecule has 12 unspecified atom stereocenters. The van der Waals surface area contributed by atoms with Gasteiger partial charge < -0.3 is 160 Å². The molecule has 6 heterocycles. The number of unbranched alkanes of at least 4 members (excludes halogenated alkanes) is 31. The fraction of sp³-hybridized carbons (Fsp3) is 0.939. The number of aliphatic hydroxyl groups is 17. The minimum Gasteiger partial charge on any atom is -0.394 e. The lowest BCUT2D eigenvalue weighted by atomic mass is 9.94. The first kappa shape index (κ1) is 103. The molecule has 35 nitrogen and oxygen atoms in total. The van der Waals surface area contributed by atoms with Gasteiger partial charge in [0.25, 0.3) is 0 Å². The summed E-state index contributed by atoms with van der Waals surface area (Å²) in [4.78, 5) is 38.9. The van der Waals surface area contributed by atoms with E-state index >= 15 is 0 Å². The maximum atomic E-state index is 13.6. The zero-order valence-electron chi connectivity index (χ0n) is 69.6. The number of carbonyl (C=O) groups is 3. The van der Waals surface area contributed by atoms with Crippen molar-refractivity contribution in [1.29, 1.82) is 0 Å². The molecular weight excluding hydrogens is 1540 g/mol. The predicted molar refractivity (Wildman–Crippen MR) is 420 cm³/mol. The molecule has 32 atom stereocenters. The van der Waals surface area contributed by atoms with Crippen LogP contribution < -0.4 is 16.0 Å². The average molecular weight is 1690 g/mol. The van der Waals surface area contributed by atoms with Crippen LogP contribution in [0.25, 0.3) is 0 Å². The SMILES string of the molecule is CCCCCCCCCCCCC/C=C/[C@@H](O)[C@H](CO[C@@H]1OC(CO)[C@@H](O[C@@H]2OC(CO)[C@H](O[C@@H]3OC(CO)[C@H](O)[C@H](O[C@@H]4OC(CO[C@@H]5OC(CO)[C@@H](O)[C@H](O[C@H]6C(O)[C@H](O)C(C)O[C@H]6O)C5NC(C)=O)[C@H](O)[C@H](O)C4NC(C)=O)C3O)[C@H](O)C2O)[C@H](O)C1O)NC(=O)CCCCCCCCCCCCCCCCCCCCCCC. The summed E-state index contributed by atoms with van der Waals surface area (Å²) in [5, 5.41) is 198. The van der Waals surface area contributed by atoms with Crippen LogP contribution in [-0.4, -0.2) is 340 Å². The number of ether oxygens (including phenoxy) is 12. The van der Waals surface area contributed by atoms with Crippen LogP contribution in [-0.2, 0) is 71.2 Å². The number of aliphatic hydroxyl groups excluding tert-OH is 17. The molecule has 0 aromatic heterocycles. The van der Waals surface area contributed by atoms with Gasteiger partial charge in [0.1, 0.15) is 140 Å². The van der Waals surface area contributed by atoms with Crippen LogP contribution in [0.1, 0.15) is 253 Å². The molecule has 0 spiro atoms. The van der Waals surface area contributed by atoms with Crippen LogP contribution in [0.4, 0.5) is 0 Å². The Bertz CT molecular complexity index is 2690. The van der Waals surface area contributed by atoms with Crippen molar-refractivity contribution >= 4 is 17.7 Å². The summed E-state index contributed by atoms with van der Waals surface area (Å²) in [5.74, 6) is -1.92. The number of hydrogen-bond donors (Lipinski definition) is 20. The Hall–Kier alpha value is -3.01. The molecular formula is C82H149N3O32. The smallest absolute Gasteiger partial charge is 0.220 e. The third-order valence-corrected chi connectivity index (χ3v) is 23.2. The zero-order chi connectivity index (χ0) is 85.5. The number of rotatable bonds is 57. The molecule has 35 heteroatoms. The van der Waals surface area contributed by atoms with E-state index < -0.39 is 248 Å². The Kier molecular flexibility index (Phi) is 49.2. The summed E-state index contributed by atoms with van der Waals surface area (Å²) in [7, 11) is 0. The van der Waals surface area contributed by atoms with Gasteiger partial charge in [-0.3, -0.25) is 14.4 Å². The highest BCUT2D eigenvalue weighted by Crippen LogP contribution is 2.37. The summed E-state index contributed by atoms with van der Waals surface area (Å²) in [6.45, 7) is 2.74. The molecule has 0 radical (unpaired) electrons. The van der Waals surface area contributed by atoms with Gasteiger partial charge in [0.05, 0.1) is 57.9 Å². The Morgan fingerprint density at radius 3 is 1.24 bits per heavy atom. The molecule has 6 aliphatic heterocycles. The standard InChI is InChI=1S/C82H149N3O32/c1-6-8-10-12-14-16-18-20-21-22-23-24-25-26-27-29-31-33-35-37-39-41-58(93)85-51(52(92)40-38-36-34-32-30-28-19-17-15-13-11-9-7-2)46-106-80-69(102)67(100)72(55(44-88)111-80)115-81-70(103)68(101)73(56(45-89)112-81)116-82-71(104)75(64(97)54(43-87)110-82)117-79-59(83-49(4)90)65(98)62(95)57(113-79)47-107-78-60(84-50(5)91)74(63(96)53(42-86)109-78)114-76-66(99)61(94)48(3)108-77(76)105/h38,40,48,51-57,59-82,86-89,92,94-105H,6-37,39,41-47H2,1-5H3,(H,83,90)(H,84,91)(H,85,93)/b40-38+/t48?,51-,52+,53?,54?,55?,56?,57?,59?,60?,61+,62-,63+,64-,65+,66?,67+,68+,69?,70?,71?,72+,73-,74+,75-,76-,77+,78+,79-,80+,81-,82-/m0/s1. The normalized spacial score (nSPS) is 36.1. The minimum atomic E-state index is -2.24. The van der Waals surface area contributed by atoms with Gasteiger partial charge in [-0.05, 0) is 26.2 Å². The number of hydrogen-bond acceptors (Lipinski definition) is 32. The predicted octanol–water partition coefficient (Wildman–Crippen LogP) is 0.944. The van der Waals surface area contributed by atoms with Gasteiger partial charge in [0.2, 0.25) is 17.7 Å². The van der Waals surface area contributed by atoms with Crippen molar-refractivity contribution in [3.63, 3.8) is 0 Å². The Balaban J connectivity index is 1.04. The molecule has 6 fully saturated rings. The van der Waals surface area contributed by atoms with Gasteiger partial charge >= 0.3 is 0 Å². The molecule has 6 saturated heterocycles. The Labute approximate surface area is 690 Å².